The summed E-state index contributed by atoms with van der Waals surface area (Å²) in [6, 6.07) is 3.83. The number of amides is 1. The molecule has 4 nitrogen and oxygen atoms in total. The Morgan fingerprint density at radius 3 is 2.83 bits per heavy atom. The molecule has 0 atom stereocenters. The number of pyridine rings is 1. The summed E-state index contributed by atoms with van der Waals surface area (Å²) in [6.07, 6.45) is 5.96. The maximum Gasteiger partial charge on any atom is 0.224 e. The highest BCUT2D eigenvalue weighted by molar-refractivity contribution is 5.82. The number of anilines is 1. The van der Waals surface area contributed by atoms with Crippen molar-refractivity contribution in [2.24, 2.45) is 0 Å². The molecule has 2 heterocycles. The van der Waals surface area contributed by atoms with Gasteiger partial charge in [0.05, 0.1) is 6.42 Å². The van der Waals surface area contributed by atoms with Crippen LogP contribution >= 0.6 is 0 Å². The van der Waals surface area contributed by atoms with Crippen molar-refractivity contribution in [2.45, 2.75) is 20.3 Å². The van der Waals surface area contributed by atoms with Gasteiger partial charge < -0.3 is 10.6 Å². The fourth-order valence-corrected chi connectivity index (χ4v) is 2.02. The van der Waals surface area contributed by atoms with Gasteiger partial charge in [-0.25, -0.2) is 0 Å². The predicted molar refractivity (Wildman–Crippen MR) is 71.9 cm³/mol. The van der Waals surface area contributed by atoms with Gasteiger partial charge >= 0.3 is 0 Å². The molecule has 1 aliphatic heterocycles. The summed E-state index contributed by atoms with van der Waals surface area (Å²) < 4.78 is 0. The summed E-state index contributed by atoms with van der Waals surface area (Å²) >= 11 is 0. The van der Waals surface area contributed by atoms with Gasteiger partial charge in [-0.05, 0) is 37.1 Å². The summed E-state index contributed by atoms with van der Waals surface area (Å²) in [4.78, 5) is 15.3. The molecule has 0 unspecified atom stereocenters. The first kappa shape index (κ1) is 12.4. The lowest BCUT2D eigenvalue weighted by Gasteiger charge is -2.22. The van der Waals surface area contributed by atoms with Crippen molar-refractivity contribution in [1.29, 1.82) is 0 Å². The van der Waals surface area contributed by atoms with E-state index in [1.54, 1.807) is 12.4 Å². The van der Waals surface area contributed by atoms with Crippen LogP contribution in [-0.4, -0.2) is 17.4 Å². The van der Waals surface area contributed by atoms with Gasteiger partial charge in [-0.1, -0.05) is 6.08 Å². The van der Waals surface area contributed by atoms with Gasteiger partial charge in [-0.2, -0.15) is 0 Å². The lowest BCUT2D eigenvalue weighted by atomic mass is 9.97. The molecule has 1 aliphatic rings. The average Bonchev–Trinajstić information content (AvgIpc) is 2.39. The van der Waals surface area contributed by atoms with E-state index in [1.807, 2.05) is 32.1 Å². The molecule has 0 saturated carbocycles. The van der Waals surface area contributed by atoms with Crippen molar-refractivity contribution in [3.63, 3.8) is 0 Å². The van der Waals surface area contributed by atoms with Gasteiger partial charge in [0.1, 0.15) is 0 Å². The van der Waals surface area contributed by atoms with Crippen molar-refractivity contribution in [2.75, 3.05) is 11.9 Å². The van der Waals surface area contributed by atoms with Crippen molar-refractivity contribution >= 4 is 11.6 Å². The number of piperidine rings is 1. The molecular formula is C14H17N3O. The Hall–Kier alpha value is -2.10. The third-order valence-corrected chi connectivity index (χ3v) is 3.01. The number of carbonyl (C=O) groups is 1. The molecule has 0 aliphatic carbocycles. The Kier molecular flexibility index (Phi) is 3.77. The smallest absolute Gasteiger partial charge is 0.224 e. The molecule has 18 heavy (non-hydrogen) atoms. The van der Waals surface area contributed by atoms with Gasteiger partial charge in [0.25, 0.3) is 0 Å². The molecule has 1 aromatic rings. The summed E-state index contributed by atoms with van der Waals surface area (Å²) in [6.45, 7) is 4.58. The third kappa shape index (κ3) is 2.77. The Morgan fingerprint density at radius 1 is 1.44 bits per heavy atom. The first-order chi connectivity index (χ1) is 8.70. The summed E-state index contributed by atoms with van der Waals surface area (Å²) in [5.41, 5.74) is 4.32. The molecule has 0 radical (unpaired) electrons. The van der Waals surface area contributed by atoms with E-state index in [4.69, 9.17) is 0 Å². The molecule has 2 rings (SSSR count). The van der Waals surface area contributed by atoms with Crippen LogP contribution in [0.4, 0.5) is 5.69 Å². The van der Waals surface area contributed by atoms with Gasteiger partial charge in [0, 0.05) is 30.3 Å². The second-order valence-electron chi connectivity index (χ2n) is 4.23. The van der Waals surface area contributed by atoms with E-state index in [0.29, 0.717) is 13.0 Å². The van der Waals surface area contributed by atoms with E-state index in [9.17, 15) is 4.79 Å². The molecule has 94 valence electrons. The topological polar surface area (TPSA) is 54.0 Å². The minimum atomic E-state index is 0.0866. The van der Waals surface area contributed by atoms with E-state index in [-0.39, 0.29) is 5.91 Å². The Balaban J connectivity index is 2.21. The maximum absolute atomic E-state index is 11.4. The van der Waals surface area contributed by atoms with Gasteiger partial charge in [-0.3, -0.25) is 9.78 Å². The van der Waals surface area contributed by atoms with Gasteiger partial charge in [-0.15, -0.1) is 0 Å². The van der Waals surface area contributed by atoms with Gasteiger partial charge in [0.2, 0.25) is 5.91 Å². The van der Waals surface area contributed by atoms with Crippen LogP contribution in [0.15, 0.2) is 47.4 Å². The van der Waals surface area contributed by atoms with Crippen LogP contribution in [0.3, 0.4) is 0 Å². The van der Waals surface area contributed by atoms with Crippen molar-refractivity contribution in [3.05, 3.63) is 47.4 Å². The van der Waals surface area contributed by atoms with Crippen LogP contribution in [0.5, 0.6) is 0 Å². The molecule has 0 aromatic carbocycles. The fourth-order valence-electron chi connectivity index (χ4n) is 2.02. The van der Waals surface area contributed by atoms with Crippen LogP contribution < -0.4 is 10.6 Å². The summed E-state index contributed by atoms with van der Waals surface area (Å²) in [7, 11) is 0. The van der Waals surface area contributed by atoms with E-state index in [0.717, 1.165) is 22.5 Å². The number of allylic oxidation sites excluding steroid dienone is 2. The zero-order valence-corrected chi connectivity index (χ0v) is 10.7. The highest BCUT2D eigenvalue weighted by Crippen LogP contribution is 2.22. The third-order valence-electron chi connectivity index (χ3n) is 3.01. The minimum absolute atomic E-state index is 0.0866. The molecular weight excluding hydrogens is 226 g/mol. The van der Waals surface area contributed by atoms with Crippen LogP contribution in [-0.2, 0) is 4.79 Å². The quantitative estimate of drug-likeness (QED) is 0.837. The van der Waals surface area contributed by atoms with Crippen molar-refractivity contribution < 1.29 is 4.79 Å². The molecule has 2 N–H and O–H groups in total. The predicted octanol–water partition coefficient (Wildman–Crippen LogP) is 2.23. The normalized spacial score (nSPS) is 20.6. The van der Waals surface area contributed by atoms with E-state index < -0.39 is 0 Å². The largest absolute Gasteiger partial charge is 0.359 e. The number of nitrogens with zero attached hydrogens (tertiary/aromatic N) is 1. The van der Waals surface area contributed by atoms with Crippen LogP contribution in [0.2, 0.25) is 0 Å². The molecule has 0 spiro atoms. The Bertz CT molecular complexity index is 503. The molecule has 4 heteroatoms. The van der Waals surface area contributed by atoms with Crippen molar-refractivity contribution in [3.8, 4) is 0 Å². The highest BCUT2D eigenvalue weighted by Gasteiger charge is 2.18. The summed E-state index contributed by atoms with van der Waals surface area (Å²) in [5.74, 6) is 0.0866. The van der Waals surface area contributed by atoms with Crippen LogP contribution in [0, 0.1) is 0 Å². The monoisotopic (exact) mass is 243 g/mol. The van der Waals surface area contributed by atoms with Gasteiger partial charge in [0.15, 0.2) is 0 Å². The first-order valence-electron chi connectivity index (χ1n) is 5.99. The second kappa shape index (κ2) is 5.49. The number of carbonyl (C=O) groups excluding carboxylic acids is 1. The van der Waals surface area contributed by atoms with Crippen LogP contribution in [0.1, 0.15) is 20.3 Å². The molecule has 1 aromatic heterocycles. The average molecular weight is 243 g/mol. The zero-order valence-electron chi connectivity index (χ0n) is 10.7. The molecule has 1 saturated heterocycles. The second-order valence-corrected chi connectivity index (χ2v) is 4.23. The molecule has 0 bridgehead atoms. The highest BCUT2D eigenvalue weighted by atomic mass is 16.1. The van der Waals surface area contributed by atoms with E-state index >= 15 is 0 Å². The number of aromatic nitrogens is 1. The zero-order chi connectivity index (χ0) is 13.0. The number of nitrogens with one attached hydrogen (secondary N) is 2. The number of rotatable bonds is 2. The SMILES string of the molecule is C/C=C1/CC(=O)NC/C1=C(/C)Nc1ccncc1. The summed E-state index contributed by atoms with van der Waals surface area (Å²) in [5, 5.41) is 6.21. The van der Waals surface area contributed by atoms with Crippen LogP contribution in [0.25, 0.3) is 0 Å². The minimum Gasteiger partial charge on any atom is -0.359 e. The lowest BCUT2D eigenvalue weighted by Crippen LogP contribution is -2.32. The number of hydrogen-bond donors (Lipinski definition) is 2. The Labute approximate surface area is 107 Å². The molecule has 1 amide bonds. The molecule has 1 fully saturated rings. The fraction of sp³-hybridized carbons (Fsp3) is 0.286. The van der Waals surface area contributed by atoms with E-state index in [1.165, 1.54) is 0 Å². The van der Waals surface area contributed by atoms with Crippen molar-refractivity contribution in [1.82, 2.24) is 10.3 Å². The maximum atomic E-state index is 11.4. The van der Waals surface area contributed by atoms with E-state index in [2.05, 4.69) is 15.6 Å². The number of hydrogen-bond acceptors (Lipinski definition) is 3. The Morgan fingerprint density at radius 2 is 2.17 bits per heavy atom. The first-order valence-corrected chi connectivity index (χ1v) is 5.99. The lowest BCUT2D eigenvalue weighted by molar-refractivity contribution is -0.120. The standard InChI is InChI=1S/C14H17N3O/c1-3-11-8-14(18)16-9-13(11)10(2)17-12-4-6-15-7-5-12/h3-7H,8-9H2,1-2H3,(H,15,17)(H,16,18)/b11-3-,13-10+.